The van der Waals surface area contributed by atoms with Gasteiger partial charge >= 0.3 is 17.9 Å². The zero-order chi connectivity index (χ0) is 58.5. The molecule has 0 N–H and O–H groups in total. The van der Waals surface area contributed by atoms with Crippen LogP contribution in [0.4, 0.5) is 0 Å². The number of hydrogen-bond acceptors (Lipinski definition) is 6. The molecule has 0 heterocycles. The molecule has 1 unspecified atom stereocenters. The van der Waals surface area contributed by atoms with Gasteiger partial charge in [0.1, 0.15) is 13.2 Å². The summed E-state index contributed by atoms with van der Waals surface area (Å²) in [6, 6.07) is 0. The van der Waals surface area contributed by atoms with Gasteiger partial charge in [0, 0.05) is 19.3 Å². The fraction of sp³-hybridized carbons (Fsp3) is 0.853. The van der Waals surface area contributed by atoms with Crippen molar-refractivity contribution in [3.63, 3.8) is 0 Å². The summed E-state index contributed by atoms with van der Waals surface area (Å²) in [7, 11) is 0. The molecule has 1 atom stereocenters. The van der Waals surface area contributed by atoms with Crippen LogP contribution in [0.2, 0.25) is 0 Å². The molecule has 0 saturated heterocycles. The number of carbonyl (C=O) groups excluding carboxylic acids is 3. The Morgan fingerprint density at radius 1 is 0.259 bits per heavy atom. The number of unbranched alkanes of at least 4 members (excludes halogenated alkanes) is 48. The number of carbonyl (C=O) groups is 3. The van der Waals surface area contributed by atoms with E-state index in [0.717, 1.165) is 89.9 Å². The molecule has 0 spiro atoms. The van der Waals surface area contributed by atoms with Crippen molar-refractivity contribution in [2.75, 3.05) is 13.2 Å². The van der Waals surface area contributed by atoms with Gasteiger partial charge in [0.15, 0.2) is 6.10 Å². The van der Waals surface area contributed by atoms with E-state index in [4.69, 9.17) is 14.2 Å². The summed E-state index contributed by atoms with van der Waals surface area (Å²) in [5, 5.41) is 0. The largest absolute Gasteiger partial charge is 0.462 e. The van der Waals surface area contributed by atoms with Gasteiger partial charge < -0.3 is 14.2 Å². The fourth-order valence-electron chi connectivity index (χ4n) is 11.0. The van der Waals surface area contributed by atoms with Crippen molar-refractivity contribution in [3.8, 4) is 0 Å². The first-order valence-electron chi connectivity index (χ1n) is 36.1. The normalized spacial score (nSPS) is 12.3. The third kappa shape index (κ3) is 68.0. The zero-order valence-electron chi connectivity index (χ0n) is 54.6. The first kappa shape index (κ1) is 78.4. The highest BCUT2D eigenvalue weighted by Gasteiger charge is 2.19. The average molecular weight is 1140 g/mol. The van der Waals surface area contributed by atoms with Crippen LogP contribution in [0.5, 0.6) is 0 Å². The Kier molecular flexibility index (Phi) is 67.6. The van der Waals surface area contributed by atoms with Gasteiger partial charge in [-0.05, 0) is 57.8 Å². The molecular weight excluding hydrogens is 997 g/mol. The monoisotopic (exact) mass is 1140 g/mol. The molecule has 6 heteroatoms. The molecule has 0 aliphatic heterocycles. The Morgan fingerprint density at radius 2 is 0.481 bits per heavy atom. The summed E-state index contributed by atoms with van der Waals surface area (Å²) >= 11 is 0. The van der Waals surface area contributed by atoms with E-state index < -0.39 is 6.10 Å². The van der Waals surface area contributed by atoms with Crippen LogP contribution in [0.15, 0.2) is 48.6 Å². The molecular formula is C75H138O6. The summed E-state index contributed by atoms with van der Waals surface area (Å²) < 4.78 is 16.8. The van der Waals surface area contributed by atoms with Gasteiger partial charge in [-0.25, -0.2) is 0 Å². The predicted octanol–water partition coefficient (Wildman–Crippen LogP) is 24.9. The highest BCUT2D eigenvalue weighted by molar-refractivity contribution is 5.71. The third-order valence-electron chi connectivity index (χ3n) is 16.3. The molecule has 81 heavy (non-hydrogen) atoms. The highest BCUT2D eigenvalue weighted by Crippen LogP contribution is 2.19. The first-order valence-corrected chi connectivity index (χ1v) is 36.1. The van der Waals surface area contributed by atoms with Gasteiger partial charge in [0.05, 0.1) is 0 Å². The van der Waals surface area contributed by atoms with Crippen LogP contribution in [0.1, 0.15) is 393 Å². The highest BCUT2D eigenvalue weighted by atomic mass is 16.6. The maximum Gasteiger partial charge on any atom is 0.306 e. The lowest BCUT2D eigenvalue weighted by molar-refractivity contribution is -0.167. The van der Waals surface area contributed by atoms with Gasteiger partial charge in [-0.1, -0.05) is 365 Å². The van der Waals surface area contributed by atoms with Gasteiger partial charge in [-0.3, -0.25) is 14.4 Å². The van der Waals surface area contributed by atoms with Crippen LogP contribution < -0.4 is 0 Å². The molecule has 0 saturated carbocycles. The van der Waals surface area contributed by atoms with Crippen LogP contribution in [0, 0.1) is 0 Å². The molecule has 0 aromatic rings. The molecule has 0 amide bonds. The molecule has 0 aliphatic carbocycles. The molecule has 0 aromatic carbocycles. The van der Waals surface area contributed by atoms with Gasteiger partial charge in [0.2, 0.25) is 0 Å². The lowest BCUT2D eigenvalue weighted by atomic mass is 10.0. The second-order valence-corrected chi connectivity index (χ2v) is 24.5. The van der Waals surface area contributed by atoms with E-state index in [2.05, 4.69) is 69.4 Å². The second-order valence-electron chi connectivity index (χ2n) is 24.5. The smallest absolute Gasteiger partial charge is 0.306 e. The van der Waals surface area contributed by atoms with Crippen LogP contribution in [0.25, 0.3) is 0 Å². The topological polar surface area (TPSA) is 78.9 Å². The molecule has 0 radical (unpaired) electrons. The molecule has 474 valence electrons. The van der Waals surface area contributed by atoms with Crippen molar-refractivity contribution in [1.29, 1.82) is 0 Å². The van der Waals surface area contributed by atoms with E-state index in [1.165, 1.54) is 263 Å². The van der Waals surface area contributed by atoms with E-state index in [-0.39, 0.29) is 31.1 Å². The molecule has 0 rings (SSSR count). The molecule has 0 aliphatic rings. The summed E-state index contributed by atoms with van der Waals surface area (Å²) in [4.78, 5) is 38.0. The Bertz CT molecular complexity index is 1400. The number of allylic oxidation sites excluding steroid dienone is 8. The summed E-state index contributed by atoms with van der Waals surface area (Å²) in [6.07, 6.45) is 89.3. The Labute approximate surface area is 505 Å². The van der Waals surface area contributed by atoms with Crippen molar-refractivity contribution >= 4 is 17.9 Å². The Balaban J connectivity index is 3.90. The standard InChI is InChI=1S/C75H138O6/c1-4-7-10-13-15-17-19-21-23-25-27-29-31-33-35-36-37-38-40-41-43-45-47-49-51-53-55-57-59-62-65-68-74(77)80-71-72(70-79-73(76)67-64-61-12-9-6-3)81-75(78)69-66-63-60-58-56-54-52-50-48-46-44-42-39-34-32-30-28-26-24-22-20-18-16-14-11-8-5-2/h8,11,16,18,22,24,28,30,72H,4-7,9-10,12-15,17,19-21,23,25-27,29,31-71H2,1-3H3/b11-8-,18-16-,24-22-,30-28-. The minimum Gasteiger partial charge on any atom is -0.462 e. The van der Waals surface area contributed by atoms with E-state index in [1.54, 1.807) is 0 Å². The molecule has 0 bridgehead atoms. The maximum absolute atomic E-state index is 12.9. The van der Waals surface area contributed by atoms with Crippen molar-refractivity contribution in [3.05, 3.63) is 48.6 Å². The van der Waals surface area contributed by atoms with Gasteiger partial charge in [0.25, 0.3) is 0 Å². The van der Waals surface area contributed by atoms with Crippen molar-refractivity contribution in [1.82, 2.24) is 0 Å². The summed E-state index contributed by atoms with van der Waals surface area (Å²) in [5.74, 6) is -0.859. The lowest BCUT2D eigenvalue weighted by Crippen LogP contribution is -2.30. The van der Waals surface area contributed by atoms with E-state index in [1.807, 2.05) is 0 Å². The number of esters is 3. The maximum atomic E-state index is 12.9. The minimum atomic E-state index is -0.768. The lowest BCUT2D eigenvalue weighted by Gasteiger charge is -2.18. The van der Waals surface area contributed by atoms with Crippen LogP contribution in [-0.2, 0) is 28.6 Å². The molecule has 0 aromatic heterocycles. The third-order valence-corrected chi connectivity index (χ3v) is 16.3. The van der Waals surface area contributed by atoms with Gasteiger partial charge in [-0.2, -0.15) is 0 Å². The van der Waals surface area contributed by atoms with Crippen molar-refractivity contribution in [2.24, 2.45) is 0 Å². The first-order chi connectivity index (χ1) is 40.0. The predicted molar refractivity (Wildman–Crippen MR) is 353 cm³/mol. The van der Waals surface area contributed by atoms with Crippen molar-refractivity contribution < 1.29 is 28.6 Å². The summed E-state index contributed by atoms with van der Waals surface area (Å²) in [5.41, 5.74) is 0. The summed E-state index contributed by atoms with van der Waals surface area (Å²) in [6.45, 7) is 6.51. The van der Waals surface area contributed by atoms with Crippen LogP contribution >= 0.6 is 0 Å². The fourth-order valence-corrected chi connectivity index (χ4v) is 11.0. The Hall–Kier alpha value is -2.63. The van der Waals surface area contributed by atoms with E-state index in [0.29, 0.717) is 19.3 Å². The van der Waals surface area contributed by atoms with Crippen LogP contribution in [0.3, 0.4) is 0 Å². The minimum absolute atomic E-state index is 0.0682. The quantitative estimate of drug-likeness (QED) is 0.0261. The second kappa shape index (κ2) is 69.9. The molecule has 6 nitrogen and oxygen atoms in total. The average Bonchev–Trinajstić information content (AvgIpc) is 3.47. The zero-order valence-corrected chi connectivity index (χ0v) is 54.6. The number of rotatable bonds is 67. The SMILES string of the molecule is CC/C=C\C/C=C\C/C=C\C/C=C\CCCCCCCCCCCCCCCCC(=O)OC(COC(=O)CCCCCCC)COC(=O)CCCCCCCCCCCCCCCCCCCCCCCCCCCCCCCCC. The van der Waals surface area contributed by atoms with E-state index >= 15 is 0 Å². The molecule has 0 fully saturated rings. The Morgan fingerprint density at radius 3 is 0.753 bits per heavy atom. The number of hydrogen-bond donors (Lipinski definition) is 0. The van der Waals surface area contributed by atoms with E-state index in [9.17, 15) is 14.4 Å². The van der Waals surface area contributed by atoms with Gasteiger partial charge in [-0.15, -0.1) is 0 Å². The van der Waals surface area contributed by atoms with Crippen molar-refractivity contribution in [2.45, 2.75) is 399 Å². The van der Waals surface area contributed by atoms with Crippen LogP contribution in [-0.4, -0.2) is 37.2 Å². The number of ether oxygens (including phenoxy) is 3.